The summed E-state index contributed by atoms with van der Waals surface area (Å²) in [5.41, 5.74) is 0. The molecule has 3 nitrogen and oxygen atoms in total. The Balaban J connectivity index is 2.70. The number of nitrogens with zero attached hydrogens (tertiary/aromatic N) is 1. The van der Waals surface area contributed by atoms with Crippen molar-refractivity contribution < 1.29 is 4.92 Å². The summed E-state index contributed by atoms with van der Waals surface area (Å²) in [6.45, 7) is 0. The van der Waals surface area contributed by atoms with Crippen LogP contribution in [-0.4, -0.2) is 4.92 Å². The molecule has 2 aromatic rings. The molecule has 0 saturated heterocycles. The topological polar surface area (TPSA) is 43.1 Å². The molecule has 0 unspecified atom stereocenters. The lowest BCUT2D eigenvalue weighted by Gasteiger charge is -1.80. The maximum absolute atomic E-state index is 10.4. The molecule has 59 valence electrons. The first kappa shape index (κ1) is 7.24. The van der Waals surface area contributed by atoms with Crippen LogP contribution >= 0.6 is 11.3 Å². The number of rotatable bonds is 1. The summed E-state index contributed by atoms with van der Waals surface area (Å²) < 4.78 is 0.931. The van der Waals surface area contributed by atoms with E-state index in [0.29, 0.717) is 0 Å². The fourth-order valence-corrected chi connectivity index (χ4v) is 1.86. The molecule has 0 saturated carbocycles. The van der Waals surface area contributed by atoms with Crippen LogP contribution in [0.5, 0.6) is 0 Å². The maximum Gasteiger partial charge on any atom is 0.325 e. The molecule has 1 aromatic heterocycles. The lowest BCUT2D eigenvalue weighted by molar-refractivity contribution is -0.380. The van der Waals surface area contributed by atoms with Gasteiger partial charge in [0, 0.05) is 16.2 Å². The number of nitro groups is 1. The van der Waals surface area contributed by atoms with Crippen molar-refractivity contribution in [2.24, 2.45) is 0 Å². The summed E-state index contributed by atoms with van der Waals surface area (Å²) in [6.07, 6.45) is 0. The Morgan fingerprint density at radius 3 is 3.08 bits per heavy atom. The van der Waals surface area contributed by atoms with Gasteiger partial charge in [0.2, 0.25) is 0 Å². The van der Waals surface area contributed by atoms with Crippen molar-refractivity contribution in [2.75, 3.05) is 0 Å². The van der Waals surface area contributed by atoms with Crippen LogP contribution in [0.4, 0.5) is 5.00 Å². The van der Waals surface area contributed by atoms with Crippen LogP contribution in [0.3, 0.4) is 0 Å². The van der Waals surface area contributed by atoms with Crippen molar-refractivity contribution >= 4 is 26.4 Å². The SMILES string of the molecule is O=[N+]([O-])c1cc2c[c]ccc2s1. The quantitative estimate of drug-likeness (QED) is 0.497. The zero-order chi connectivity index (χ0) is 8.55. The zero-order valence-electron chi connectivity index (χ0n) is 5.98. The molecule has 0 amide bonds. The lowest BCUT2D eigenvalue weighted by atomic mass is 10.3. The molecule has 0 aliphatic heterocycles. The minimum absolute atomic E-state index is 0.185. The van der Waals surface area contributed by atoms with Gasteiger partial charge in [0.15, 0.2) is 0 Å². The number of thiophene rings is 1. The second kappa shape index (κ2) is 2.57. The fraction of sp³-hybridized carbons (Fsp3) is 0. The number of hydrogen-bond donors (Lipinski definition) is 0. The molecule has 1 heterocycles. The van der Waals surface area contributed by atoms with Crippen molar-refractivity contribution in [3.05, 3.63) is 40.4 Å². The highest BCUT2D eigenvalue weighted by Crippen LogP contribution is 2.30. The minimum Gasteiger partial charge on any atom is -0.258 e. The van der Waals surface area contributed by atoms with Gasteiger partial charge in [0.05, 0.1) is 4.92 Å². The van der Waals surface area contributed by atoms with Crippen molar-refractivity contribution in [3.63, 3.8) is 0 Å². The number of hydrogen-bond acceptors (Lipinski definition) is 3. The second-order valence-corrected chi connectivity index (χ2v) is 3.37. The van der Waals surface area contributed by atoms with Crippen molar-refractivity contribution in [2.45, 2.75) is 0 Å². The summed E-state index contributed by atoms with van der Waals surface area (Å²) >= 11 is 1.19. The third-order valence-electron chi connectivity index (χ3n) is 1.53. The minimum atomic E-state index is -0.370. The molecule has 0 bridgehead atoms. The van der Waals surface area contributed by atoms with E-state index in [0.717, 1.165) is 10.1 Å². The Hall–Kier alpha value is -1.42. The molecular weight excluding hydrogens is 174 g/mol. The molecule has 0 aliphatic carbocycles. The van der Waals surface area contributed by atoms with E-state index in [1.54, 1.807) is 18.2 Å². The van der Waals surface area contributed by atoms with Crippen LogP contribution < -0.4 is 0 Å². The summed E-state index contributed by atoms with van der Waals surface area (Å²) in [4.78, 5) is 10.0. The van der Waals surface area contributed by atoms with E-state index in [-0.39, 0.29) is 9.92 Å². The third-order valence-corrected chi connectivity index (χ3v) is 2.60. The van der Waals surface area contributed by atoms with Crippen LogP contribution in [0, 0.1) is 16.2 Å². The van der Waals surface area contributed by atoms with Crippen LogP contribution in [-0.2, 0) is 0 Å². The second-order valence-electron chi connectivity index (χ2n) is 2.31. The molecule has 1 radical (unpaired) electrons. The van der Waals surface area contributed by atoms with E-state index < -0.39 is 0 Å². The average Bonchev–Trinajstić information content (AvgIpc) is 2.46. The monoisotopic (exact) mass is 178 g/mol. The Morgan fingerprint density at radius 2 is 2.42 bits per heavy atom. The fourth-order valence-electron chi connectivity index (χ4n) is 1.000. The van der Waals surface area contributed by atoms with E-state index in [4.69, 9.17) is 0 Å². The molecule has 4 heteroatoms. The van der Waals surface area contributed by atoms with Gasteiger partial charge in [-0.1, -0.05) is 17.4 Å². The Kier molecular flexibility index (Phi) is 1.55. The van der Waals surface area contributed by atoms with Crippen LogP contribution in [0.1, 0.15) is 0 Å². The number of fused-ring (bicyclic) bond motifs is 1. The largest absolute Gasteiger partial charge is 0.325 e. The van der Waals surface area contributed by atoms with E-state index in [2.05, 4.69) is 6.07 Å². The highest BCUT2D eigenvalue weighted by Gasteiger charge is 2.09. The first-order chi connectivity index (χ1) is 5.77. The van der Waals surface area contributed by atoms with Gasteiger partial charge in [-0.05, 0) is 18.2 Å². The highest BCUT2D eigenvalue weighted by atomic mass is 32.1. The molecule has 12 heavy (non-hydrogen) atoms. The maximum atomic E-state index is 10.4. The van der Waals surface area contributed by atoms with Gasteiger partial charge in [-0.15, -0.1) is 0 Å². The Bertz CT molecular complexity index is 402. The first-order valence-corrected chi connectivity index (χ1v) is 4.13. The molecule has 1 aromatic carbocycles. The molecule has 0 atom stereocenters. The van der Waals surface area contributed by atoms with E-state index in [1.165, 1.54) is 11.3 Å². The summed E-state index contributed by atoms with van der Waals surface area (Å²) in [5.74, 6) is 0. The van der Waals surface area contributed by atoms with E-state index >= 15 is 0 Å². The summed E-state index contributed by atoms with van der Waals surface area (Å²) in [7, 11) is 0. The summed E-state index contributed by atoms with van der Waals surface area (Å²) in [5, 5.41) is 11.4. The van der Waals surface area contributed by atoms with E-state index in [1.807, 2.05) is 6.07 Å². The number of benzene rings is 1. The first-order valence-electron chi connectivity index (χ1n) is 3.31. The van der Waals surface area contributed by atoms with Gasteiger partial charge in [-0.25, -0.2) is 0 Å². The van der Waals surface area contributed by atoms with Gasteiger partial charge in [-0.3, -0.25) is 10.1 Å². The van der Waals surface area contributed by atoms with Gasteiger partial charge in [0.1, 0.15) is 0 Å². The average molecular weight is 178 g/mol. The van der Waals surface area contributed by atoms with Gasteiger partial charge < -0.3 is 0 Å². The Morgan fingerprint density at radius 1 is 1.58 bits per heavy atom. The predicted octanol–water partition coefficient (Wildman–Crippen LogP) is 2.61. The smallest absolute Gasteiger partial charge is 0.258 e. The zero-order valence-corrected chi connectivity index (χ0v) is 6.80. The lowest BCUT2D eigenvalue weighted by Crippen LogP contribution is -1.80. The van der Waals surface area contributed by atoms with Crippen LogP contribution in [0.2, 0.25) is 0 Å². The van der Waals surface area contributed by atoms with Crippen molar-refractivity contribution in [3.8, 4) is 0 Å². The van der Waals surface area contributed by atoms with Gasteiger partial charge in [-0.2, -0.15) is 0 Å². The molecule has 0 spiro atoms. The summed E-state index contributed by atoms with van der Waals surface area (Å²) in [6, 6.07) is 9.77. The van der Waals surface area contributed by atoms with Crippen molar-refractivity contribution in [1.82, 2.24) is 0 Å². The van der Waals surface area contributed by atoms with Gasteiger partial charge >= 0.3 is 5.00 Å². The van der Waals surface area contributed by atoms with Crippen LogP contribution in [0.15, 0.2) is 24.3 Å². The van der Waals surface area contributed by atoms with Crippen LogP contribution in [0.25, 0.3) is 10.1 Å². The molecule has 0 aliphatic rings. The standard InChI is InChI=1S/C8H4NO2S/c10-9(11)8-5-6-3-1-2-4-7(6)12-8/h2-5H. The van der Waals surface area contributed by atoms with E-state index in [9.17, 15) is 10.1 Å². The molecule has 0 N–H and O–H groups in total. The van der Waals surface area contributed by atoms with Gasteiger partial charge in [0.25, 0.3) is 0 Å². The predicted molar refractivity (Wildman–Crippen MR) is 47.3 cm³/mol. The third kappa shape index (κ3) is 1.06. The molecule has 0 fully saturated rings. The highest BCUT2D eigenvalue weighted by molar-refractivity contribution is 7.22. The molecular formula is C8H4NO2S. The molecule has 2 rings (SSSR count). The Labute approximate surface area is 72.4 Å². The van der Waals surface area contributed by atoms with Crippen molar-refractivity contribution in [1.29, 1.82) is 0 Å². The normalized spacial score (nSPS) is 10.3.